The van der Waals surface area contributed by atoms with Crippen molar-refractivity contribution < 1.29 is 4.39 Å². The number of anilines is 1. The standard InChI is InChI=1S/C15H24FN3/c1-11(2)7-17-8-13-6-14(16)9-18-15(13)19-5-4-12(3)10-19/h6,9,11-12,17H,4-5,7-8,10H2,1-3H3. The summed E-state index contributed by atoms with van der Waals surface area (Å²) < 4.78 is 13.4. The average molecular weight is 265 g/mol. The third-order valence-electron chi connectivity index (χ3n) is 3.50. The van der Waals surface area contributed by atoms with Gasteiger partial charge in [-0.2, -0.15) is 0 Å². The quantitative estimate of drug-likeness (QED) is 0.887. The minimum absolute atomic E-state index is 0.252. The molecule has 1 saturated heterocycles. The Balaban J connectivity index is 2.09. The highest BCUT2D eigenvalue weighted by Gasteiger charge is 2.22. The number of aromatic nitrogens is 1. The largest absolute Gasteiger partial charge is 0.356 e. The van der Waals surface area contributed by atoms with E-state index in [-0.39, 0.29) is 5.82 Å². The first-order chi connectivity index (χ1) is 9.06. The number of pyridine rings is 1. The van der Waals surface area contributed by atoms with E-state index in [0.29, 0.717) is 18.4 Å². The summed E-state index contributed by atoms with van der Waals surface area (Å²) in [6.45, 7) is 10.3. The van der Waals surface area contributed by atoms with E-state index in [2.05, 4.69) is 36.0 Å². The van der Waals surface area contributed by atoms with Crippen molar-refractivity contribution >= 4 is 5.82 Å². The van der Waals surface area contributed by atoms with Crippen molar-refractivity contribution in [2.45, 2.75) is 33.7 Å². The van der Waals surface area contributed by atoms with E-state index in [0.717, 1.165) is 31.0 Å². The molecule has 1 aromatic rings. The fraction of sp³-hybridized carbons (Fsp3) is 0.667. The van der Waals surface area contributed by atoms with Crippen LogP contribution < -0.4 is 10.2 Å². The molecule has 2 heterocycles. The third-order valence-corrected chi connectivity index (χ3v) is 3.50. The van der Waals surface area contributed by atoms with Crippen LogP contribution in [0.25, 0.3) is 0 Å². The van der Waals surface area contributed by atoms with Crippen LogP contribution in [0.3, 0.4) is 0 Å². The van der Waals surface area contributed by atoms with Gasteiger partial charge in [0.1, 0.15) is 11.6 Å². The summed E-state index contributed by atoms with van der Waals surface area (Å²) in [4.78, 5) is 6.58. The minimum atomic E-state index is -0.252. The van der Waals surface area contributed by atoms with Gasteiger partial charge >= 0.3 is 0 Å². The van der Waals surface area contributed by atoms with Gasteiger partial charge in [0, 0.05) is 25.2 Å². The zero-order valence-electron chi connectivity index (χ0n) is 12.1. The second-order valence-electron chi connectivity index (χ2n) is 6.00. The Morgan fingerprint density at radius 1 is 1.53 bits per heavy atom. The van der Waals surface area contributed by atoms with Crippen molar-refractivity contribution in [3.05, 3.63) is 23.6 Å². The molecule has 0 aliphatic carbocycles. The lowest BCUT2D eigenvalue weighted by Crippen LogP contribution is -2.25. The second-order valence-corrected chi connectivity index (χ2v) is 6.00. The maximum Gasteiger partial charge on any atom is 0.141 e. The van der Waals surface area contributed by atoms with Crippen molar-refractivity contribution in [1.29, 1.82) is 0 Å². The Bertz CT molecular complexity index is 420. The molecule has 1 fully saturated rings. The lowest BCUT2D eigenvalue weighted by molar-refractivity contribution is 0.548. The summed E-state index contributed by atoms with van der Waals surface area (Å²) in [6, 6.07) is 1.61. The van der Waals surface area contributed by atoms with Gasteiger partial charge in [-0.3, -0.25) is 0 Å². The van der Waals surface area contributed by atoms with Gasteiger partial charge in [0.15, 0.2) is 0 Å². The molecular weight excluding hydrogens is 241 g/mol. The zero-order valence-corrected chi connectivity index (χ0v) is 12.1. The highest BCUT2D eigenvalue weighted by molar-refractivity contribution is 5.47. The summed E-state index contributed by atoms with van der Waals surface area (Å²) in [7, 11) is 0. The molecule has 1 unspecified atom stereocenters. The van der Waals surface area contributed by atoms with Crippen molar-refractivity contribution in [3.63, 3.8) is 0 Å². The van der Waals surface area contributed by atoms with Gasteiger partial charge in [0.05, 0.1) is 6.20 Å². The van der Waals surface area contributed by atoms with Crippen molar-refractivity contribution in [3.8, 4) is 0 Å². The van der Waals surface area contributed by atoms with E-state index in [1.54, 1.807) is 6.07 Å². The Hall–Kier alpha value is -1.16. The Kier molecular flexibility index (Phi) is 4.75. The van der Waals surface area contributed by atoms with E-state index < -0.39 is 0 Å². The molecule has 0 saturated carbocycles. The molecule has 0 aromatic carbocycles. The molecule has 0 amide bonds. The summed E-state index contributed by atoms with van der Waals surface area (Å²) in [6.07, 6.45) is 2.52. The molecule has 4 heteroatoms. The summed E-state index contributed by atoms with van der Waals surface area (Å²) >= 11 is 0. The van der Waals surface area contributed by atoms with Crippen LogP contribution in [-0.4, -0.2) is 24.6 Å². The van der Waals surface area contributed by atoms with Gasteiger partial charge in [0.2, 0.25) is 0 Å². The molecule has 1 aliphatic rings. The van der Waals surface area contributed by atoms with Crippen LogP contribution in [0.4, 0.5) is 10.2 Å². The van der Waals surface area contributed by atoms with E-state index in [9.17, 15) is 4.39 Å². The average Bonchev–Trinajstić information content (AvgIpc) is 2.75. The number of nitrogens with one attached hydrogen (secondary N) is 1. The molecule has 0 radical (unpaired) electrons. The molecule has 1 atom stereocenters. The lowest BCUT2D eigenvalue weighted by Gasteiger charge is -2.21. The molecule has 106 valence electrons. The van der Waals surface area contributed by atoms with E-state index in [4.69, 9.17) is 0 Å². The van der Waals surface area contributed by atoms with Crippen LogP contribution in [0, 0.1) is 17.7 Å². The van der Waals surface area contributed by atoms with Gasteiger partial charge in [-0.05, 0) is 30.9 Å². The number of rotatable bonds is 5. The van der Waals surface area contributed by atoms with Crippen molar-refractivity contribution in [2.75, 3.05) is 24.5 Å². The fourth-order valence-electron chi connectivity index (χ4n) is 2.51. The fourth-order valence-corrected chi connectivity index (χ4v) is 2.51. The summed E-state index contributed by atoms with van der Waals surface area (Å²) in [5.41, 5.74) is 0.967. The molecule has 0 spiro atoms. The number of nitrogens with zero attached hydrogens (tertiary/aromatic N) is 2. The molecule has 1 aliphatic heterocycles. The molecule has 3 nitrogen and oxygen atoms in total. The third kappa shape index (κ3) is 3.90. The molecule has 0 bridgehead atoms. The second kappa shape index (κ2) is 6.33. The zero-order chi connectivity index (χ0) is 13.8. The van der Waals surface area contributed by atoms with Crippen LogP contribution in [0.5, 0.6) is 0 Å². The van der Waals surface area contributed by atoms with E-state index in [1.165, 1.54) is 12.6 Å². The first-order valence-electron chi connectivity index (χ1n) is 7.16. The summed E-state index contributed by atoms with van der Waals surface area (Å²) in [5.74, 6) is 1.99. The van der Waals surface area contributed by atoms with Crippen LogP contribution in [0.15, 0.2) is 12.3 Å². The number of halogens is 1. The van der Waals surface area contributed by atoms with Crippen LogP contribution in [0.2, 0.25) is 0 Å². The van der Waals surface area contributed by atoms with Crippen LogP contribution in [-0.2, 0) is 6.54 Å². The lowest BCUT2D eigenvalue weighted by atomic mass is 10.2. The van der Waals surface area contributed by atoms with Gasteiger partial charge in [-0.25, -0.2) is 9.37 Å². The SMILES string of the molecule is CC(C)CNCc1cc(F)cnc1N1CCC(C)C1. The maximum atomic E-state index is 13.4. The van der Waals surface area contributed by atoms with E-state index in [1.807, 2.05) is 0 Å². The summed E-state index contributed by atoms with van der Waals surface area (Å²) in [5, 5.41) is 3.37. The Morgan fingerprint density at radius 2 is 2.32 bits per heavy atom. The Morgan fingerprint density at radius 3 is 2.95 bits per heavy atom. The highest BCUT2D eigenvalue weighted by atomic mass is 19.1. The monoisotopic (exact) mass is 265 g/mol. The van der Waals surface area contributed by atoms with Crippen LogP contribution >= 0.6 is 0 Å². The first kappa shape index (κ1) is 14.3. The van der Waals surface area contributed by atoms with Gasteiger partial charge in [-0.15, -0.1) is 0 Å². The molecule has 19 heavy (non-hydrogen) atoms. The molecular formula is C15H24FN3. The topological polar surface area (TPSA) is 28.2 Å². The predicted octanol–water partition coefficient (Wildman–Crippen LogP) is 2.81. The Labute approximate surface area is 115 Å². The van der Waals surface area contributed by atoms with Gasteiger partial charge in [-0.1, -0.05) is 20.8 Å². The van der Waals surface area contributed by atoms with Gasteiger partial charge < -0.3 is 10.2 Å². The smallest absolute Gasteiger partial charge is 0.141 e. The number of hydrogen-bond acceptors (Lipinski definition) is 3. The maximum absolute atomic E-state index is 13.4. The molecule has 2 rings (SSSR count). The molecule has 1 aromatic heterocycles. The van der Waals surface area contributed by atoms with Crippen molar-refractivity contribution in [2.24, 2.45) is 11.8 Å². The predicted molar refractivity (Wildman–Crippen MR) is 76.7 cm³/mol. The van der Waals surface area contributed by atoms with Crippen molar-refractivity contribution in [1.82, 2.24) is 10.3 Å². The van der Waals surface area contributed by atoms with Crippen LogP contribution in [0.1, 0.15) is 32.8 Å². The van der Waals surface area contributed by atoms with E-state index >= 15 is 0 Å². The highest BCUT2D eigenvalue weighted by Crippen LogP contribution is 2.25. The molecule has 1 N–H and O–H groups in total. The minimum Gasteiger partial charge on any atom is -0.356 e. The number of hydrogen-bond donors (Lipinski definition) is 1. The van der Waals surface area contributed by atoms with Gasteiger partial charge in [0.25, 0.3) is 0 Å². The normalized spacial score (nSPS) is 19.4. The first-order valence-corrected chi connectivity index (χ1v) is 7.16.